The summed E-state index contributed by atoms with van der Waals surface area (Å²) in [6.45, 7) is 4.46. The minimum absolute atomic E-state index is 0.248. The highest BCUT2D eigenvalue weighted by Gasteiger charge is 2.45. The van der Waals surface area contributed by atoms with Crippen LogP contribution in [0.15, 0.2) is 0 Å². The maximum atomic E-state index is 13.0. The van der Waals surface area contributed by atoms with Gasteiger partial charge in [0.2, 0.25) is 5.91 Å². The van der Waals surface area contributed by atoms with Crippen molar-refractivity contribution in [3.05, 3.63) is 0 Å². The molecule has 2 aliphatic heterocycles. The van der Waals surface area contributed by atoms with Crippen LogP contribution in [0.3, 0.4) is 0 Å². The van der Waals surface area contributed by atoms with Crippen LogP contribution in [0.4, 0.5) is 0 Å². The van der Waals surface area contributed by atoms with Crippen LogP contribution in [-0.2, 0) is 4.79 Å². The Balaban J connectivity index is 1.45. The minimum atomic E-state index is 0.248. The van der Waals surface area contributed by atoms with Gasteiger partial charge in [0.15, 0.2) is 0 Å². The normalized spacial score (nSPS) is 36.1. The fourth-order valence-corrected chi connectivity index (χ4v) is 4.86. The van der Waals surface area contributed by atoms with Gasteiger partial charge in [-0.1, -0.05) is 12.8 Å². The second-order valence-corrected chi connectivity index (χ2v) is 7.57. The summed E-state index contributed by atoms with van der Waals surface area (Å²) in [5, 5.41) is 0. The molecular formula is C17H28N2O. The van der Waals surface area contributed by atoms with E-state index in [1.54, 1.807) is 0 Å². The Morgan fingerprint density at radius 1 is 0.850 bits per heavy atom. The molecule has 4 aliphatic rings. The number of carbonyl (C=O) groups is 1. The van der Waals surface area contributed by atoms with Crippen LogP contribution in [0.2, 0.25) is 0 Å². The lowest BCUT2D eigenvalue weighted by atomic mass is 9.82. The molecule has 2 saturated carbocycles. The highest BCUT2D eigenvalue weighted by atomic mass is 16.2. The number of hydrogen-bond donors (Lipinski definition) is 0. The maximum Gasteiger partial charge on any atom is 0.240 e. The molecule has 0 spiro atoms. The standard InChI is InChI=1S/C17H28N2O/c20-17(16(13-7-8-13)18-9-3-4-10-18)19-11-14-5-1-2-6-15(14)12-19/h13-16H,1-12H2/t14-,15-,16-/m0/s1. The van der Waals surface area contributed by atoms with Gasteiger partial charge >= 0.3 is 0 Å². The summed E-state index contributed by atoms with van der Waals surface area (Å²) in [7, 11) is 0. The molecule has 0 N–H and O–H groups in total. The molecule has 1 amide bonds. The van der Waals surface area contributed by atoms with Gasteiger partial charge in [0.05, 0.1) is 6.04 Å². The van der Waals surface area contributed by atoms with E-state index in [1.165, 1.54) is 51.4 Å². The van der Waals surface area contributed by atoms with Gasteiger partial charge in [-0.3, -0.25) is 9.69 Å². The fraction of sp³-hybridized carbons (Fsp3) is 0.941. The van der Waals surface area contributed by atoms with Crippen LogP contribution >= 0.6 is 0 Å². The van der Waals surface area contributed by atoms with Crippen molar-refractivity contribution in [2.45, 2.75) is 57.4 Å². The molecule has 2 saturated heterocycles. The van der Waals surface area contributed by atoms with E-state index in [2.05, 4.69) is 9.80 Å². The molecule has 0 radical (unpaired) electrons. The predicted octanol–water partition coefficient (Wildman–Crippen LogP) is 2.51. The molecule has 3 heteroatoms. The van der Waals surface area contributed by atoms with E-state index in [9.17, 15) is 4.79 Å². The van der Waals surface area contributed by atoms with Gasteiger partial charge in [-0.2, -0.15) is 0 Å². The Hall–Kier alpha value is -0.570. The second-order valence-electron chi connectivity index (χ2n) is 7.57. The molecule has 0 aromatic rings. The summed E-state index contributed by atoms with van der Waals surface area (Å²) in [5.74, 6) is 2.82. The molecule has 3 nitrogen and oxygen atoms in total. The third kappa shape index (κ3) is 2.38. The lowest BCUT2D eigenvalue weighted by Gasteiger charge is -2.30. The monoisotopic (exact) mass is 276 g/mol. The van der Waals surface area contributed by atoms with Gasteiger partial charge < -0.3 is 4.90 Å². The quantitative estimate of drug-likeness (QED) is 0.791. The summed E-state index contributed by atoms with van der Waals surface area (Å²) >= 11 is 0. The van der Waals surface area contributed by atoms with Gasteiger partial charge in [-0.25, -0.2) is 0 Å². The second kappa shape index (κ2) is 5.32. The number of carbonyl (C=O) groups excluding carboxylic acids is 1. The molecular weight excluding hydrogens is 248 g/mol. The van der Waals surface area contributed by atoms with E-state index in [0.717, 1.165) is 38.0 Å². The largest absolute Gasteiger partial charge is 0.341 e. The van der Waals surface area contributed by atoms with Crippen molar-refractivity contribution in [3.8, 4) is 0 Å². The van der Waals surface area contributed by atoms with E-state index in [0.29, 0.717) is 11.8 Å². The molecule has 4 fully saturated rings. The van der Waals surface area contributed by atoms with Crippen LogP contribution < -0.4 is 0 Å². The Morgan fingerprint density at radius 2 is 1.45 bits per heavy atom. The molecule has 0 unspecified atom stereocenters. The van der Waals surface area contributed by atoms with Gasteiger partial charge in [0.1, 0.15) is 0 Å². The third-order valence-electron chi connectivity index (χ3n) is 6.14. The average Bonchev–Trinajstić information content (AvgIpc) is 3.00. The summed E-state index contributed by atoms with van der Waals surface area (Å²) in [6, 6.07) is 0.248. The number of rotatable bonds is 3. The molecule has 0 aromatic carbocycles. The van der Waals surface area contributed by atoms with E-state index in [4.69, 9.17) is 0 Å². The fourth-order valence-electron chi connectivity index (χ4n) is 4.86. The Kier molecular flexibility index (Phi) is 3.49. The maximum absolute atomic E-state index is 13.0. The summed E-state index contributed by atoms with van der Waals surface area (Å²) in [6.07, 6.45) is 10.7. The highest BCUT2D eigenvalue weighted by Crippen LogP contribution is 2.40. The van der Waals surface area contributed by atoms with Crippen molar-refractivity contribution in [1.29, 1.82) is 0 Å². The Labute approximate surface area is 122 Å². The Morgan fingerprint density at radius 3 is 2.00 bits per heavy atom. The number of likely N-dealkylation sites (tertiary alicyclic amines) is 2. The highest BCUT2D eigenvalue weighted by molar-refractivity contribution is 5.83. The SMILES string of the molecule is O=C([C@H](C1CC1)N1CCCC1)N1C[C@@H]2CCCC[C@H]2C1. The van der Waals surface area contributed by atoms with Crippen LogP contribution in [0.5, 0.6) is 0 Å². The third-order valence-corrected chi connectivity index (χ3v) is 6.14. The predicted molar refractivity (Wildman–Crippen MR) is 79.3 cm³/mol. The van der Waals surface area contributed by atoms with Crippen molar-refractivity contribution >= 4 is 5.91 Å². The molecule has 20 heavy (non-hydrogen) atoms. The van der Waals surface area contributed by atoms with Crippen molar-refractivity contribution in [3.63, 3.8) is 0 Å². The van der Waals surface area contributed by atoms with E-state index in [-0.39, 0.29) is 6.04 Å². The van der Waals surface area contributed by atoms with Gasteiger partial charge in [-0.15, -0.1) is 0 Å². The summed E-state index contributed by atoms with van der Waals surface area (Å²) < 4.78 is 0. The number of fused-ring (bicyclic) bond motifs is 1. The summed E-state index contributed by atoms with van der Waals surface area (Å²) in [5.41, 5.74) is 0. The van der Waals surface area contributed by atoms with Crippen molar-refractivity contribution in [2.24, 2.45) is 17.8 Å². The van der Waals surface area contributed by atoms with Gasteiger partial charge in [0, 0.05) is 13.1 Å². The summed E-state index contributed by atoms with van der Waals surface area (Å²) in [4.78, 5) is 17.8. The molecule has 2 heterocycles. The van der Waals surface area contributed by atoms with Crippen LogP contribution in [-0.4, -0.2) is 47.9 Å². The molecule has 0 bridgehead atoms. The van der Waals surface area contributed by atoms with E-state index in [1.807, 2.05) is 0 Å². The average molecular weight is 276 g/mol. The van der Waals surface area contributed by atoms with Crippen LogP contribution in [0, 0.1) is 17.8 Å². The first kappa shape index (κ1) is 13.1. The zero-order valence-corrected chi connectivity index (χ0v) is 12.6. The van der Waals surface area contributed by atoms with E-state index < -0.39 is 0 Å². The molecule has 2 aliphatic carbocycles. The van der Waals surface area contributed by atoms with Crippen LogP contribution in [0.1, 0.15) is 51.4 Å². The topological polar surface area (TPSA) is 23.6 Å². The first-order chi connectivity index (χ1) is 9.83. The van der Waals surface area contributed by atoms with Crippen molar-refractivity contribution in [1.82, 2.24) is 9.80 Å². The van der Waals surface area contributed by atoms with Gasteiger partial charge in [-0.05, 0) is 69.4 Å². The zero-order valence-electron chi connectivity index (χ0n) is 12.6. The van der Waals surface area contributed by atoms with Crippen molar-refractivity contribution < 1.29 is 4.79 Å². The molecule has 3 atom stereocenters. The molecule has 4 rings (SSSR count). The number of amides is 1. The minimum Gasteiger partial charge on any atom is -0.341 e. The Bertz CT molecular complexity index is 359. The first-order valence-electron chi connectivity index (χ1n) is 8.86. The zero-order chi connectivity index (χ0) is 13.5. The van der Waals surface area contributed by atoms with Gasteiger partial charge in [0.25, 0.3) is 0 Å². The first-order valence-corrected chi connectivity index (χ1v) is 8.86. The number of nitrogens with zero attached hydrogens (tertiary/aromatic N) is 2. The molecule has 0 aromatic heterocycles. The molecule has 112 valence electrons. The lowest BCUT2D eigenvalue weighted by Crippen LogP contribution is -2.48. The lowest BCUT2D eigenvalue weighted by molar-refractivity contribution is -0.136. The smallest absolute Gasteiger partial charge is 0.240 e. The van der Waals surface area contributed by atoms with Crippen LogP contribution in [0.25, 0.3) is 0 Å². The van der Waals surface area contributed by atoms with Crippen molar-refractivity contribution in [2.75, 3.05) is 26.2 Å². The van der Waals surface area contributed by atoms with E-state index >= 15 is 0 Å². The number of hydrogen-bond acceptors (Lipinski definition) is 2.